The number of aliphatic hydroxyl groups is 2. The van der Waals surface area contributed by atoms with Gasteiger partial charge in [-0.3, -0.25) is 0 Å². The summed E-state index contributed by atoms with van der Waals surface area (Å²) in [6.07, 6.45) is 1.05. The van der Waals surface area contributed by atoms with E-state index in [4.69, 9.17) is 14.6 Å². The first kappa shape index (κ1) is 7.49. The van der Waals surface area contributed by atoms with E-state index in [1.165, 1.54) is 0 Å². The molecule has 11 heavy (non-hydrogen) atoms. The van der Waals surface area contributed by atoms with Gasteiger partial charge in [0.25, 0.3) is 0 Å². The molecule has 2 N–H and O–H groups in total. The van der Waals surface area contributed by atoms with Gasteiger partial charge in [0.15, 0.2) is 5.79 Å². The number of aliphatic hydroxyl groups excluding tert-OH is 1. The van der Waals surface area contributed by atoms with Crippen LogP contribution in [0.15, 0.2) is 0 Å². The molecule has 2 rings (SSSR count). The SMILES string of the molecule is OCC12CCOC1(O)CCO2. The molecule has 0 aromatic carbocycles. The average molecular weight is 160 g/mol. The normalized spacial score (nSPS) is 49.6. The van der Waals surface area contributed by atoms with Gasteiger partial charge >= 0.3 is 0 Å². The predicted octanol–water partition coefficient (Wildman–Crippen LogP) is -0.753. The summed E-state index contributed by atoms with van der Waals surface area (Å²) in [5.74, 6) is -1.22. The molecule has 0 spiro atoms. The molecule has 0 amide bonds. The number of ether oxygens (including phenoxy) is 2. The topological polar surface area (TPSA) is 58.9 Å². The van der Waals surface area contributed by atoms with Crippen LogP contribution in [0.25, 0.3) is 0 Å². The maximum atomic E-state index is 9.77. The van der Waals surface area contributed by atoms with E-state index in [0.29, 0.717) is 26.1 Å². The molecular weight excluding hydrogens is 148 g/mol. The Labute approximate surface area is 64.7 Å². The highest BCUT2D eigenvalue weighted by atomic mass is 16.7. The van der Waals surface area contributed by atoms with Gasteiger partial charge in [-0.05, 0) is 0 Å². The molecule has 2 atom stereocenters. The van der Waals surface area contributed by atoms with Gasteiger partial charge in [-0.15, -0.1) is 0 Å². The van der Waals surface area contributed by atoms with E-state index in [-0.39, 0.29) is 6.61 Å². The summed E-state index contributed by atoms with van der Waals surface area (Å²) in [6.45, 7) is 0.775. The quantitative estimate of drug-likeness (QED) is 0.529. The van der Waals surface area contributed by atoms with Gasteiger partial charge < -0.3 is 19.7 Å². The van der Waals surface area contributed by atoms with Crippen LogP contribution in [0.4, 0.5) is 0 Å². The molecule has 0 bridgehead atoms. The van der Waals surface area contributed by atoms with E-state index in [0.717, 1.165) is 0 Å². The first-order valence-corrected chi connectivity index (χ1v) is 3.84. The van der Waals surface area contributed by atoms with Crippen LogP contribution in [0.5, 0.6) is 0 Å². The number of fused-ring (bicyclic) bond motifs is 1. The van der Waals surface area contributed by atoms with Crippen molar-refractivity contribution in [3.8, 4) is 0 Å². The fraction of sp³-hybridized carbons (Fsp3) is 1.00. The third kappa shape index (κ3) is 0.780. The lowest BCUT2D eigenvalue weighted by Crippen LogP contribution is -2.49. The van der Waals surface area contributed by atoms with Crippen LogP contribution in [-0.4, -0.2) is 41.4 Å². The Balaban J connectivity index is 2.28. The summed E-state index contributed by atoms with van der Waals surface area (Å²) in [6, 6.07) is 0. The second-order valence-corrected chi connectivity index (χ2v) is 3.13. The summed E-state index contributed by atoms with van der Waals surface area (Å²) < 4.78 is 10.4. The summed E-state index contributed by atoms with van der Waals surface area (Å²) in [7, 11) is 0. The lowest BCUT2D eigenvalue weighted by Gasteiger charge is -2.30. The Morgan fingerprint density at radius 3 is 2.55 bits per heavy atom. The fourth-order valence-electron chi connectivity index (χ4n) is 1.83. The Morgan fingerprint density at radius 2 is 1.91 bits per heavy atom. The van der Waals surface area contributed by atoms with Crippen molar-refractivity contribution in [2.24, 2.45) is 0 Å². The highest BCUT2D eigenvalue weighted by Crippen LogP contribution is 2.44. The average Bonchev–Trinajstić information content (AvgIpc) is 2.41. The first-order chi connectivity index (χ1) is 5.22. The van der Waals surface area contributed by atoms with Crippen LogP contribution < -0.4 is 0 Å². The lowest BCUT2D eigenvalue weighted by molar-refractivity contribution is -0.231. The minimum atomic E-state index is -1.22. The zero-order valence-corrected chi connectivity index (χ0v) is 6.25. The van der Waals surface area contributed by atoms with E-state index < -0.39 is 11.4 Å². The maximum absolute atomic E-state index is 9.77. The Kier molecular flexibility index (Phi) is 1.47. The zero-order valence-electron chi connectivity index (χ0n) is 6.25. The molecule has 0 aromatic heterocycles. The highest BCUT2D eigenvalue weighted by Gasteiger charge is 2.60. The highest BCUT2D eigenvalue weighted by molar-refractivity contribution is 5.02. The van der Waals surface area contributed by atoms with Crippen LogP contribution in [0.1, 0.15) is 12.8 Å². The zero-order chi connectivity index (χ0) is 7.95. The van der Waals surface area contributed by atoms with Crippen molar-refractivity contribution >= 4 is 0 Å². The van der Waals surface area contributed by atoms with E-state index in [9.17, 15) is 5.11 Å². The largest absolute Gasteiger partial charge is 0.393 e. The summed E-state index contributed by atoms with van der Waals surface area (Å²) in [5.41, 5.74) is -0.826. The minimum absolute atomic E-state index is 0.163. The molecule has 0 saturated carbocycles. The van der Waals surface area contributed by atoms with Crippen molar-refractivity contribution < 1.29 is 19.7 Å². The fourth-order valence-corrected chi connectivity index (χ4v) is 1.83. The monoisotopic (exact) mass is 160 g/mol. The van der Waals surface area contributed by atoms with Gasteiger partial charge in [-0.2, -0.15) is 0 Å². The standard InChI is InChI=1S/C7H12O4/c8-5-6-1-3-11-7(6,9)2-4-10-6/h8-9H,1-5H2. The van der Waals surface area contributed by atoms with Gasteiger partial charge in [0.05, 0.1) is 19.8 Å². The summed E-state index contributed by atoms with van der Waals surface area (Å²) >= 11 is 0. The van der Waals surface area contributed by atoms with Gasteiger partial charge in [-0.25, -0.2) is 0 Å². The molecule has 64 valence electrons. The summed E-state index contributed by atoms with van der Waals surface area (Å²) in [4.78, 5) is 0. The number of hydrogen-bond acceptors (Lipinski definition) is 4. The Hall–Kier alpha value is -0.160. The van der Waals surface area contributed by atoms with Crippen LogP contribution >= 0.6 is 0 Å². The number of rotatable bonds is 1. The van der Waals surface area contributed by atoms with Gasteiger partial charge in [0.2, 0.25) is 0 Å². The van der Waals surface area contributed by atoms with Gasteiger partial charge in [0.1, 0.15) is 5.60 Å². The Morgan fingerprint density at radius 1 is 1.18 bits per heavy atom. The molecule has 2 heterocycles. The lowest BCUT2D eigenvalue weighted by atomic mass is 9.93. The van der Waals surface area contributed by atoms with E-state index >= 15 is 0 Å². The molecule has 2 aliphatic rings. The molecule has 4 nitrogen and oxygen atoms in total. The van der Waals surface area contributed by atoms with Crippen LogP contribution in [0, 0.1) is 0 Å². The van der Waals surface area contributed by atoms with E-state index in [1.54, 1.807) is 0 Å². The minimum Gasteiger partial charge on any atom is -0.393 e. The second-order valence-electron chi connectivity index (χ2n) is 3.13. The predicted molar refractivity (Wildman–Crippen MR) is 35.9 cm³/mol. The molecule has 2 aliphatic heterocycles. The van der Waals surface area contributed by atoms with Crippen molar-refractivity contribution in [2.75, 3.05) is 19.8 Å². The molecule has 2 unspecified atom stereocenters. The van der Waals surface area contributed by atoms with Crippen molar-refractivity contribution in [1.82, 2.24) is 0 Å². The van der Waals surface area contributed by atoms with Crippen molar-refractivity contribution in [1.29, 1.82) is 0 Å². The van der Waals surface area contributed by atoms with E-state index in [2.05, 4.69) is 0 Å². The van der Waals surface area contributed by atoms with Crippen molar-refractivity contribution in [2.45, 2.75) is 24.2 Å². The molecule has 0 radical (unpaired) electrons. The summed E-state index contributed by atoms with van der Waals surface area (Å²) in [5, 5.41) is 18.8. The smallest absolute Gasteiger partial charge is 0.199 e. The van der Waals surface area contributed by atoms with Crippen molar-refractivity contribution in [3.63, 3.8) is 0 Å². The molecule has 0 aliphatic carbocycles. The Bertz CT molecular complexity index is 158. The third-order valence-corrected chi connectivity index (χ3v) is 2.63. The van der Waals surface area contributed by atoms with Gasteiger partial charge in [-0.1, -0.05) is 0 Å². The molecule has 2 saturated heterocycles. The van der Waals surface area contributed by atoms with Crippen LogP contribution in [0.2, 0.25) is 0 Å². The van der Waals surface area contributed by atoms with Crippen molar-refractivity contribution in [3.05, 3.63) is 0 Å². The second kappa shape index (κ2) is 2.17. The number of hydrogen-bond donors (Lipinski definition) is 2. The molecule has 2 fully saturated rings. The maximum Gasteiger partial charge on any atom is 0.199 e. The molecular formula is C7H12O4. The van der Waals surface area contributed by atoms with E-state index in [1.807, 2.05) is 0 Å². The van der Waals surface area contributed by atoms with Crippen LogP contribution in [0.3, 0.4) is 0 Å². The third-order valence-electron chi connectivity index (χ3n) is 2.63. The molecule has 4 heteroatoms. The van der Waals surface area contributed by atoms with Crippen LogP contribution in [-0.2, 0) is 9.47 Å². The van der Waals surface area contributed by atoms with Gasteiger partial charge in [0, 0.05) is 12.8 Å². The molecule has 0 aromatic rings. The first-order valence-electron chi connectivity index (χ1n) is 3.84.